The number of H-pyrrole nitrogens is 1. The molecular formula is C16H17N3O. The van der Waals surface area contributed by atoms with Crippen LogP contribution in [0.2, 0.25) is 0 Å². The van der Waals surface area contributed by atoms with Crippen molar-refractivity contribution < 1.29 is 4.79 Å². The number of rotatable bonds is 2. The molecule has 4 nitrogen and oxygen atoms in total. The predicted molar refractivity (Wildman–Crippen MR) is 76.3 cm³/mol. The van der Waals surface area contributed by atoms with Gasteiger partial charge >= 0.3 is 0 Å². The topological polar surface area (TPSA) is 49.0 Å². The average molecular weight is 267 g/mol. The number of carbonyl (C=O) groups is 1. The van der Waals surface area contributed by atoms with Gasteiger partial charge in [0.15, 0.2) is 0 Å². The molecule has 2 bridgehead atoms. The summed E-state index contributed by atoms with van der Waals surface area (Å²) in [5, 5.41) is 0. The van der Waals surface area contributed by atoms with E-state index in [0.717, 1.165) is 22.6 Å². The number of hydrogen-bond acceptors (Lipinski definition) is 2. The van der Waals surface area contributed by atoms with Crippen molar-refractivity contribution in [3.8, 4) is 0 Å². The first-order valence-corrected chi connectivity index (χ1v) is 7.44. The van der Waals surface area contributed by atoms with Gasteiger partial charge in [0.2, 0.25) is 5.91 Å². The number of fused-ring (bicyclic) bond motifs is 1. The fourth-order valence-electron chi connectivity index (χ4n) is 4.71. The number of amides is 1. The molecule has 20 heavy (non-hydrogen) atoms. The van der Waals surface area contributed by atoms with E-state index in [0.29, 0.717) is 11.5 Å². The van der Waals surface area contributed by atoms with E-state index >= 15 is 0 Å². The standard InChI is InChI=1S/C16H17N3O/c1-9-14(16-5-10(6-16)7-16)19(15(9)20)11-2-3-12-13(4-11)18-8-17-12/h2-4,8-10,14H,5-7H2,1H3,(H,17,18)/t9-,10?,14?,16?/m1/s1. The lowest BCUT2D eigenvalue weighted by atomic mass is 9.39. The third-order valence-electron chi connectivity index (χ3n) is 5.77. The summed E-state index contributed by atoms with van der Waals surface area (Å²) in [7, 11) is 0. The largest absolute Gasteiger partial charge is 0.345 e. The molecule has 4 fully saturated rings. The Morgan fingerprint density at radius 2 is 2.15 bits per heavy atom. The fourth-order valence-corrected chi connectivity index (χ4v) is 4.71. The van der Waals surface area contributed by atoms with Crippen molar-refractivity contribution in [1.29, 1.82) is 0 Å². The van der Waals surface area contributed by atoms with E-state index in [2.05, 4.69) is 23.0 Å². The smallest absolute Gasteiger partial charge is 0.232 e. The lowest BCUT2D eigenvalue weighted by Gasteiger charge is -2.70. The number of aromatic amines is 1. The molecule has 1 saturated heterocycles. The zero-order valence-corrected chi connectivity index (χ0v) is 11.5. The van der Waals surface area contributed by atoms with Gasteiger partial charge in [-0.05, 0) is 48.8 Å². The maximum atomic E-state index is 12.4. The molecule has 1 N–H and O–H groups in total. The van der Waals surface area contributed by atoms with Gasteiger partial charge in [0.1, 0.15) is 0 Å². The van der Waals surface area contributed by atoms with Crippen molar-refractivity contribution in [3.05, 3.63) is 24.5 Å². The summed E-state index contributed by atoms with van der Waals surface area (Å²) in [5.74, 6) is 1.42. The van der Waals surface area contributed by atoms with Crippen molar-refractivity contribution in [2.75, 3.05) is 4.90 Å². The van der Waals surface area contributed by atoms with Crippen molar-refractivity contribution >= 4 is 22.6 Å². The number of carbonyl (C=O) groups excluding carboxylic acids is 1. The van der Waals surface area contributed by atoms with Crippen molar-refractivity contribution in [3.63, 3.8) is 0 Å². The van der Waals surface area contributed by atoms with E-state index in [1.54, 1.807) is 6.33 Å². The molecule has 2 heterocycles. The predicted octanol–water partition coefficient (Wildman–Crippen LogP) is 2.71. The first-order chi connectivity index (χ1) is 9.68. The summed E-state index contributed by atoms with van der Waals surface area (Å²) in [4.78, 5) is 21.8. The summed E-state index contributed by atoms with van der Waals surface area (Å²) >= 11 is 0. The van der Waals surface area contributed by atoms with Gasteiger partial charge < -0.3 is 9.88 Å². The van der Waals surface area contributed by atoms with Crippen LogP contribution in [0.5, 0.6) is 0 Å². The van der Waals surface area contributed by atoms with Crippen LogP contribution in [0.1, 0.15) is 26.2 Å². The molecule has 1 aliphatic heterocycles. The van der Waals surface area contributed by atoms with E-state index in [4.69, 9.17) is 0 Å². The molecule has 102 valence electrons. The Kier molecular flexibility index (Phi) is 1.77. The molecular weight excluding hydrogens is 250 g/mol. The second-order valence-corrected chi connectivity index (χ2v) is 6.89. The molecule has 3 saturated carbocycles. The van der Waals surface area contributed by atoms with Crippen LogP contribution in [0.25, 0.3) is 11.0 Å². The van der Waals surface area contributed by atoms with Crippen molar-refractivity contribution in [2.45, 2.75) is 32.2 Å². The van der Waals surface area contributed by atoms with Gasteiger partial charge in [-0.15, -0.1) is 0 Å². The molecule has 6 rings (SSSR count). The van der Waals surface area contributed by atoms with Gasteiger partial charge in [0.05, 0.1) is 29.3 Å². The second-order valence-electron chi connectivity index (χ2n) is 6.89. The number of nitrogens with zero attached hydrogens (tertiary/aromatic N) is 2. The average Bonchev–Trinajstić information content (AvgIpc) is 2.81. The van der Waals surface area contributed by atoms with E-state index in [1.807, 2.05) is 17.0 Å². The first kappa shape index (κ1) is 10.9. The van der Waals surface area contributed by atoms with E-state index in [-0.39, 0.29) is 11.8 Å². The Hall–Kier alpha value is -1.84. The van der Waals surface area contributed by atoms with Crippen molar-refractivity contribution in [1.82, 2.24) is 9.97 Å². The normalized spacial score (nSPS) is 38.4. The maximum absolute atomic E-state index is 12.4. The number of anilines is 1. The zero-order valence-electron chi connectivity index (χ0n) is 11.5. The Morgan fingerprint density at radius 3 is 2.85 bits per heavy atom. The summed E-state index contributed by atoms with van der Waals surface area (Å²) < 4.78 is 0. The second kappa shape index (κ2) is 3.25. The molecule has 1 unspecified atom stereocenters. The van der Waals surface area contributed by atoms with Crippen molar-refractivity contribution in [2.24, 2.45) is 17.3 Å². The lowest BCUT2D eigenvalue weighted by Crippen LogP contribution is -2.74. The van der Waals surface area contributed by atoms with E-state index in [1.165, 1.54) is 19.3 Å². The highest BCUT2D eigenvalue weighted by Crippen LogP contribution is 2.69. The highest BCUT2D eigenvalue weighted by Gasteiger charge is 2.67. The summed E-state index contributed by atoms with van der Waals surface area (Å²) in [5.41, 5.74) is 3.43. The highest BCUT2D eigenvalue weighted by molar-refractivity contribution is 6.04. The van der Waals surface area contributed by atoms with Crippen LogP contribution in [-0.4, -0.2) is 21.9 Å². The summed E-state index contributed by atoms with van der Waals surface area (Å²) in [6.07, 6.45) is 5.70. The Balaban J connectivity index is 1.56. The van der Waals surface area contributed by atoms with Gasteiger partial charge in [0.25, 0.3) is 0 Å². The summed E-state index contributed by atoms with van der Waals surface area (Å²) in [6.45, 7) is 2.10. The van der Waals surface area contributed by atoms with Gasteiger partial charge in [0, 0.05) is 5.69 Å². The van der Waals surface area contributed by atoms with Gasteiger partial charge in [-0.3, -0.25) is 4.79 Å². The molecule has 4 heteroatoms. The number of aromatic nitrogens is 2. The Bertz CT molecular complexity index is 717. The van der Waals surface area contributed by atoms with Crippen LogP contribution in [0.3, 0.4) is 0 Å². The molecule has 2 aromatic rings. The van der Waals surface area contributed by atoms with Gasteiger partial charge in [-0.25, -0.2) is 4.98 Å². The van der Waals surface area contributed by atoms with Gasteiger partial charge in [-0.2, -0.15) is 0 Å². The maximum Gasteiger partial charge on any atom is 0.232 e. The van der Waals surface area contributed by atoms with Crippen LogP contribution in [0.15, 0.2) is 24.5 Å². The van der Waals surface area contributed by atoms with Crippen LogP contribution in [-0.2, 0) is 4.79 Å². The minimum atomic E-state index is 0.189. The number of nitrogens with one attached hydrogen (secondary N) is 1. The monoisotopic (exact) mass is 267 g/mol. The molecule has 1 aromatic carbocycles. The van der Waals surface area contributed by atoms with Gasteiger partial charge in [-0.1, -0.05) is 6.92 Å². The number of benzene rings is 1. The van der Waals surface area contributed by atoms with Crippen LogP contribution >= 0.6 is 0 Å². The van der Waals surface area contributed by atoms with Crippen LogP contribution in [0.4, 0.5) is 5.69 Å². The minimum Gasteiger partial charge on any atom is -0.345 e. The molecule has 4 aliphatic rings. The quantitative estimate of drug-likeness (QED) is 0.850. The number of hydrogen-bond donors (Lipinski definition) is 1. The summed E-state index contributed by atoms with van der Waals surface area (Å²) in [6, 6.07) is 6.51. The first-order valence-electron chi connectivity index (χ1n) is 7.44. The number of imidazole rings is 1. The third-order valence-corrected chi connectivity index (χ3v) is 5.77. The Labute approximate surface area is 117 Å². The highest BCUT2D eigenvalue weighted by atomic mass is 16.2. The van der Waals surface area contributed by atoms with Crippen LogP contribution < -0.4 is 4.90 Å². The van der Waals surface area contributed by atoms with E-state index < -0.39 is 0 Å². The molecule has 0 spiro atoms. The molecule has 1 amide bonds. The molecule has 1 aromatic heterocycles. The zero-order chi connectivity index (χ0) is 13.5. The van der Waals surface area contributed by atoms with Crippen LogP contribution in [0, 0.1) is 17.3 Å². The Morgan fingerprint density at radius 1 is 1.35 bits per heavy atom. The molecule has 3 aliphatic carbocycles. The van der Waals surface area contributed by atoms with E-state index in [9.17, 15) is 4.79 Å². The third kappa shape index (κ3) is 1.10. The molecule has 0 radical (unpaired) electrons. The molecule has 2 atom stereocenters. The minimum absolute atomic E-state index is 0.189. The SMILES string of the molecule is C[C@H]1C(=O)N(c2ccc3nc[nH]c3c2)C1C12CC(C1)C2. The lowest BCUT2D eigenvalue weighted by molar-refractivity contribution is -0.167. The number of β-lactam (4-membered cyclic amide) rings is 1. The fraction of sp³-hybridized carbons (Fsp3) is 0.500.